The van der Waals surface area contributed by atoms with Gasteiger partial charge in [0.1, 0.15) is 22.6 Å². The van der Waals surface area contributed by atoms with E-state index < -0.39 is 43.3 Å². The largest absolute Gasteiger partial charge is 0.465 e. The molecule has 0 amide bonds. The van der Waals surface area contributed by atoms with Crippen LogP contribution in [0.15, 0.2) is 27.7 Å². The lowest BCUT2D eigenvalue weighted by Crippen LogP contribution is -2.59. The number of piperidine rings is 1. The maximum Gasteiger partial charge on any atom is 0.325 e. The summed E-state index contributed by atoms with van der Waals surface area (Å²) in [6.45, 7) is 2.52. The van der Waals surface area contributed by atoms with Crippen LogP contribution in [-0.4, -0.2) is 56.8 Å². The first-order chi connectivity index (χ1) is 13.1. The van der Waals surface area contributed by atoms with Crippen LogP contribution in [0.25, 0.3) is 0 Å². The molecule has 1 N–H and O–H groups in total. The lowest BCUT2D eigenvalue weighted by molar-refractivity contribution is -0.146. The molecule has 1 fully saturated rings. The van der Waals surface area contributed by atoms with Crippen molar-refractivity contribution in [1.29, 1.82) is 0 Å². The molecule has 28 heavy (non-hydrogen) atoms. The van der Waals surface area contributed by atoms with Crippen LogP contribution in [0.4, 0.5) is 8.78 Å². The number of hydrogen-bond acceptors (Lipinski definition) is 8. The SMILES string of the molecule is CCOC(=O)C(NS(=O)(=O)c1ccc(F)cc1F)C1(SN=O)CCN(C)CC1. The quantitative estimate of drug-likeness (QED) is 0.377. The van der Waals surface area contributed by atoms with Gasteiger partial charge in [-0.15, -0.1) is 4.91 Å². The summed E-state index contributed by atoms with van der Waals surface area (Å²) < 4.78 is 61.4. The molecule has 12 heteroatoms. The average Bonchev–Trinajstić information content (AvgIpc) is 2.62. The molecule has 156 valence electrons. The monoisotopic (exact) mass is 437 g/mol. The van der Waals surface area contributed by atoms with Gasteiger partial charge in [0.2, 0.25) is 10.0 Å². The summed E-state index contributed by atoms with van der Waals surface area (Å²) in [5, 5.41) is 0. The Morgan fingerprint density at radius 1 is 1.39 bits per heavy atom. The minimum atomic E-state index is -4.55. The van der Waals surface area contributed by atoms with Gasteiger partial charge in [-0.1, -0.05) is 0 Å². The van der Waals surface area contributed by atoms with Crippen LogP contribution in [0.1, 0.15) is 19.8 Å². The van der Waals surface area contributed by atoms with Crippen molar-refractivity contribution in [2.75, 3.05) is 26.7 Å². The van der Waals surface area contributed by atoms with E-state index in [-0.39, 0.29) is 19.4 Å². The third-order valence-electron chi connectivity index (χ3n) is 4.56. The summed E-state index contributed by atoms with van der Waals surface area (Å²) in [4.78, 5) is 24.8. The van der Waals surface area contributed by atoms with E-state index in [1.807, 2.05) is 11.9 Å². The van der Waals surface area contributed by atoms with Crippen molar-refractivity contribution in [2.45, 2.75) is 35.4 Å². The summed E-state index contributed by atoms with van der Waals surface area (Å²) in [6, 6.07) is 0.519. The minimum Gasteiger partial charge on any atom is -0.465 e. The number of carbonyl (C=O) groups excluding carboxylic acids is 1. The Hall–Kier alpha value is -1.63. The normalized spacial score (nSPS) is 18.4. The average molecular weight is 437 g/mol. The molecule has 1 atom stereocenters. The molecular formula is C16H21F2N3O5S2. The molecular weight excluding hydrogens is 416 g/mol. The standard InChI is InChI=1S/C16H21F2N3O5S2/c1-3-26-15(22)14(16(27-20-23)6-8-21(2)9-7-16)19-28(24,25)13-5-4-11(17)10-12(13)18/h4-5,10,14,19H,3,6-9H2,1-2H3. The Balaban J connectivity index is 2.44. The van der Waals surface area contributed by atoms with Gasteiger partial charge >= 0.3 is 5.97 Å². The number of rotatable bonds is 8. The highest BCUT2D eigenvalue weighted by atomic mass is 32.2. The molecule has 0 bridgehead atoms. The number of halogens is 2. The number of benzene rings is 1. The molecule has 1 unspecified atom stereocenters. The number of nitrogens with one attached hydrogen (secondary N) is 1. The van der Waals surface area contributed by atoms with Crippen molar-refractivity contribution in [3.63, 3.8) is 0 Å². The van der Waals surface area contributed by atoms with E-state index in [9.17, 15) is 26.9 Å². The fourth-order valence-corrected chi connectivity index (χ4v) is 5.18. The zero-order chi connectivity index (χ0) is 20.9. The van der Waals surface area contributed by atoms with Gasteiger partial charge in [-0.25, -0.2) is 17.2 Å². The van der Waals surface area contributed by atoms with Gasteiger partial charge in [-0.3, -0.25) is 4.79 Å². The maximum absolute atomic E-state index is 14.0. The second kappa shape index (κ2) is 9.25. The van der Waals surface area contributed by atoms with Crippen LogP contribution in [0.2, 0.25) is 0 Å². The Morgan fingerprint density at radius 2 is 2.04 bits per heavy atom. The Kier molecular flexibility index (Phi) is 7.48. The van der Waals surface area contributed by atoms with E-state index >= 15 is 0 Å². The lowest BCUT2D eigenvalue weighted by Gasteiger charge is -2.41. The van der Waals surface area contributed by atoms with Gasteiger partial charge < -0.3 is 9.64 Å². The highest BCUT2D eigenvalue weighted by Crippen LogP contribution is 2.40. The van der Waals surface area contributed by atoms with Gasteiger partial charge in [0.15, 0.2) is 0 Å². The fourth-order valence-electron chi connectivity index (χ4n) is 3.01. The third kappa shape index (κ3) is 5.04. The molecule has 1 aromatic rings. The number of sulfonamides is 1. The molecule has 0 radical (unpaired) electrons. The first-order valence-corrected chi connectivity index (χ1v) is 10.7. The van der Waals surface area contributed by atoms with Crippen LogP contribution < -0.4 is 4.72 Å². The minimum absolute atomic E-state index is 0.0167. The van der Waals surface area contributed by atoms with E-state index in [2.05, 4.69) is 9.30 Å². The topological polar surface area (TPSA) is 105 Å². The molecule has 2 rings (SSSR count). The number of ether oxygens (including phenoxy) is 1. The van der Waals surface area contributed by atoms with Crippen LogP contribution in [0, 0.1) is 16.5 Å². The molecule has 1 saturated heterocycles. The van der Waals surface area contributed by atoms with E-state index in [0.717, 1.165) is 12.1 Å². The van der Waals surface area contributed by atoms with Crippen molar-refractivity contribution in [1.82, 2.24) is 9.62 Å². The Morgan fingerprint density at radius 3 is 2.57 bits per heavy atom. The van der Waals surface area contributed by atoms with Gasteiger partial charge in [0.05, 0.1) is 11.4 Å². The Bertz CT molecular complexity index is 830. The number of esters is 1. The molecule has 1 aromatic carbocycles. The van der Waals surface area contributed by atoms with Crippen LogP contribution in [-0.2, 0) is 19.6 Å². The zero-order valence-corrected chi connectivity index (χ0v) is 17.0. The van der Waals surface area contributed by atoms with E-state index in [1.165, 1.54) is 0 Å². The van der Waals surface area contributed by atoms with Gasteiger partial charge in [0.25, 0.3) is 0 Å². The summed E-state index contributed by atoms with van der Waals surface area (Å²) >= 11 is 0.568. The van der Waals surface area contributed by atoms with Gasteiger partial charge in [0, 0.05) is 22.6 Å². The molecule has 0 aromatic heterocycles. The lowest BCUT2D eigenvalue weighted by atomic mass is 9.88. The Labute approximate surface area is 166 Å². The van der Waals surface area contributed by atoms with Crippen molar-refractivity contribution in [3.8, 4) is 0 Å². The first-order valence-electron chi connectivity index (χ1n) is 8.48. The van der Waals surface area contributed by atoms with E-state index in [0.29, 0.717) is 31.1 Å². The summed E-state index contributed by atoms with van der Waals surface area (Å²) in [5.41, 5.74) is 0. The molecule has 0 aliphatic carbocycles. The summed E-state index contributed by atoms with van der Waals surface area (Å²) in [6.07, 6.45) is 0.551. The van der Waals surface area contributed by atoms with Crippen molar-refractivity contribution < 1.29 is 26.7 Å². The second-order valence-corrected chi connectivity index (χ2v) is 9.24. The smallest absolute Gasteiger partial charge is 0.325 e. The predicted octanol–water partition coefficient (Wildman–Crippen LogP) is 2.05. The molecule has 8 nitrogen and oxygen atoms in total. The molecule has 0 saturated carbocycles. The van der Waals surface area contributed by atoms with Gasteiger partial charge in [-0.2, -0.15) is 4.72 Å². The summed E-state index contributed by atoms with van der Waals surface area (Å²) in [7, 11) is -2.71. The van der Waals surface area contributed by atoms with Crippen molar-refractivity contribution in [3.05, 3.63) is 34.7 Å². The molecule has 0 spiro atoms. The van der Waals surface area contributed by atoms with Crippen LogP contribution in [0.3, 0.4) is 0 Å². The highest BCUT2D eigenvalue weighted by molar-refractivity contribution is 7.99. The van der Waals surface area contributed by atoms with Crippen LogP contribution >= 0.6 is 11.9 Å². The molecule has 1 heterocycles. The van der Waals surface area contributed by atoms with Gasteiger partial charge in [-0.05, 0) is 52.0 Å². The highest BCUT2D eigenvalue weighted by Gasteiger charge is 2.49. The van der Waals surface area contributed by atoms with E-state index in [1.54, 1.807) is 6.92 Å². The number of likely N-dealkylation sites (tertiary alicyclic amines) is 1. The third-order valence-corrected chi connectivity index (χ3v) is 7.10. The predicted molar refractivity (Wildman–Crippen MR) is 99.9 cm³/mol. The van der Waals surface area contributed by atoms with E-state index in [4.69, 9.17) is 4.74 Å². The van der Waals surface area contributed by atoms with Crippen molar-refractivity contribution in [2.24, 2.45) is 4.58 Å². The van der Waals surface area contributed by atoms with Crippen LogP contribution in [0.5, 0.6) is 0 Å². The first kappa shape index (κ1) is 22.7. The zero-order valence-electron chi connectivity index (χ0n) is 15.4. The molecule has 1 aliphatic heterocycles. The molecule has 1 aliphatic rings. The fraction of sp³-hybridized carbons (Fsp3) is 0.562. The number of hydrogen-bond donors (Lipinski definition) is 1. The second-order valence-electron chi connectivity index (χ2n) is 6.41. The number of nitroso groups, excluding NO2 is 1. The number of carbonyl (C=O) groups is 1. The van der Waals surface area contributed by atoms with Crippen molar-refractivity contribution >= 4 is 27.9 Å². The number of nitrogens with zero attached hydrogens (tertiary/aromatic N) is 2. The summed E-state index contributed by atoms with van der Waals surface area (Å²) in [5.74, 6) is -3.13. The maximum atomic E-state index is 14.0.